The molecule has 142 valence electrons. The molecule has 0 bridgehead atoms. The predicted octanol–water partition coefficient (Wildman–Crippen LogP) is -0.116. The Hall–Kier alpha value is -2.30. The largest absolute Gasteiger partial charge is 0.394 e. The maximum atomic E-state index is 13.1. The smallest absolute Gasteiger partial charge is 0.334 e. The highest BCUT2D eigenvalue weighted by Gasteiger charge is 2.44. The molecule has 3 heterocycles. The highest BCUT2D eigenvalue weighted by molar-refractivity contribution is 7.17. The van der Waals surface area contributed by atoms with E-state index in [9.17, 15) is 24.9 Å². The van der Waals surface area contributed by atoms with Crippen LogP contribution in [0.3, 0.4) is 0 Å². The normalized spacial score (nSPS) is 25.3. The van der Waals surface area contributed by atoms with Crippen LogP contribution < -0.4 is 11.2 Å². The molecule has 1 aliphatic heterocycles. The molecule has 1 fully saturated rings. The van der Waals surface area contributed by atoms with Gasteiger partial charge in [0.2, 0.25) is 0 Å². The van der Waals surface area contributed by atoms with E-state index in [1.807, 2.05) is 18.2 Å². The summed E-state index contributed by atoms with van der Waals surface area (Å²) < 4.78 is 8.14. The molecule has 0 amide bonds. The first kappa shape index (κ1) is 18.1. The first-order valence-corrected chi connectivity index (χ1v) is 9.30. The van der Waals surface area contributed by atoms with Gasteiger partial charge in [0.15, 0.2) is 6.23 Å². The molecule has 0 spiro atoms. The van der Waals surface area contributed by atoms with E-state index in [0.29, 0.717) is 10.2 Å². The topological polar surface area (TPSA) is 114 Å². The minimum atomic E-state index is -1.41. The number of aliphatic hydroxyl groups excluding tert-OH is 3. The molecular weight excluding hydrogens is 372 g/mol. The van der Waals surface area contributed by atoms with Gasteiger partial charge in [0.25, 0.3) is 5.56 Å². The van der Waals surface area contributed by atoms with Gasteiger partial charge in [0, 0.05) is 0 Å². The van der Waals surface area contributed by atoms with Crippen molar-refractivity contribution in [3.05, 3.63) is 68.2 Å². The number of hydrogen-bond donors (Lipinski definition) is 3. The van der Waals surface area contributed by atoms with Gasteiger partial charge >= 0.3 is 5.69 Å². The molecule has 0 saturated carbocycles. The van der Waals surface area contributed by atoms with Crippen molar-refractivity contribution in [1.82, 2.24) is 9.13 Å². The van der Waals surface area contributed by atoms with E-state index in [0.717, 1.165) is 10.1 Å². The number of benzene rings is 1. The van der Waals surface area contributed by atoms with Crippen molar-refractivity contribution in [2.24, 2.45) is 0 Å². The summed E-state index contributed by atoms with van der Waals surface area (Å²) in [7, 11) is 0. The average Bonchev–Trinajstić information content (AvgIpc) is 3.27. The third-order valence-corrected chi connectivity index (χ3v) is 5.63. The van der Waals surface area contributed by atoms with Gasteiger partial charge in [0.1, 0.15) is 23.0 Å². The lowest BCUT2D eigenvalue weighted by Gasteiger charge is -2.20. The summed E-state index contributed by atoms with van der Waals surface area (Å²) in [5.74, 6) is 0. The van der Waals surface area contributed by atoms with Crippen LogP contribution in [0.1, 0.15) is 11.8 Å². The van der Waals surface area contributed by atoms with Gasteiger partial charge in [-0.15, -0.1) is 11.3 Å². The standard InChI is InChI=1S/C18H18N2O6S/c21-9-12-13(22)14(23)17(26-12)20-11-6-7-27-15(11)16(24)19(18(20)25)8-10-4-2-1-3-5-10/h1-7,12-14,17,21-23H,8-9H2/t12-,13-,14-,17-/m1/s1. The van der Waals surface area contributed by atoms with Gasteiger partial charge in [-0.25, -0.2) is 4.79 Å². The number of ether oxygens (including phenoxy) is 1. The van der Waals surface area contributed by atoms with Crippen molar-refractivity contribution >= 4 is 21.6 Å². The van der Waals surface area contributed by atoms with Crippen LogP contribution in [0.2, 0.25) is 0 Å². The first-order valence-electron chi connectivity index (χ1n) is 8.42. The van der Waals surface area contributed by atoms with Gasteiger partial charge < -0.3 is 20.1 Å². The Kier molecular flexibility index (Phi) is 4.70. The molecular formula is C18H18N2O6S. The summed E-state index contributed by atoms with van der Waals surface area (Å²) in [6, 6.07) is 10.7. The van der Waals surface area contributed by atoms with Gasteiger partial charge in [-0.3, -0.25) is 13.9 Å². The molecule has 0 radical (unpaired) electrons. The van der Waals surface area contributed by atoms with Gasteiger partial charge in [-0.05, 0) is 17.0 Å². The Balaban J connectivity index is 1.90. The maximum absolute atomic E-state index is 13.1. The van der Waals surface area contributed by atoms with Gasteiger partial charge in [-0.1, -0.05) is 30.3 Å². The number of nitrogens with zero attached hydrogens (tertiary/aromatic N) is 2. The Labute approximate surface area is 157 Å². The summed E-state index contributed by atoms with van der Waals surface area (Å²) in [4.78, 5) is 26.0. The number of fused-ring (bicyclic) bond motifs is 1. The Morgan fingerprint density at radius 1 is 1.07 bits per heavy atom. The second-order valence-electron chi connectivity index (χ2n) is 6.39. The molecule has 2 aromatic heterocycles. The Morgan fingerprint density at radius 2 is 1.81 bits per heavy atom. The first-order chi connectivity index (χ1) is 13.0. The molecule has 9 heteroatoms. The van der Waals surface area contributed by atoms with Crippen molar-refractivity contribution < 1.29 is 20.1 Å². The summed E-state index contributed by atoms with van der Waals surface area (Å²) in [5, 5.41) is 31.4. The molecule has 4 atom stereocenters. The fraction of sp³-hybridized carbons (Fsp3) is 0.333. The molecule has 8 nitrogen and oxygen atoms in total. The third-order valence-electron chi connectivity index (χ3n) is 4.74. The molecule has 4 rings (SSSR count). The van der Waals surface area contributed by atoms with E-state index >= 15 is 0 Å². The average molecular weight is 390 g/mol. The zero-order valence-electron chi connectivity index (χ0n) is 14.1. The highest BCUT2D eigenvalue weighted by atomic mass is 32.1. The quantitative estimate of drug-likeness (QED) is 0.573. The minimum absolute atomic E-state index is 0.0706. The lowest BCUT2D eigenvalue weighted by atomic mass is 10.1. The van der Waals surface area contributed by atoms with Crippen LogP contribution >= 0.6 is 11.3 Å². The molecule has 0 aliphatic carbocycles. The van der Waals surface area contributed by atoms with Gasteiger partial charge in [0.05, 0.1) is 18.7 Å². The number of rotatable bonds is 4. The van der Waals surface area contributed by atoms with Crippen LogP contribution in [0.25, 0.3) is 10.2 Å². The molecule has 3 N–H and O–H groups in total. The highest BCUT2D eigenvalue weighted by Crippen LogP contribution is 2.30. The monoisotopic (exact) mass is 390 g/mol. The maximum Gasteiger partial charge on any atom is 0.334 e. The van der Waals surface area contributed by atoms with Crippen molar-refractivity contribution in [1.29, 1.82) is 0 Å². The van der Waals surface area contributed by atoms with Gasteiger partial charge in [-0.2, -0.15) is 0 Å². The number of thiophene rings is 1. The number of aliphatic hydroxyl groups is 3. The predicted molar refractivity (Wildman–Crippen MR) is 98.9 cm³/mol. The van der Waals surface area contributed by atoms with Crippen molar-refractivity contribution in [2.75, 3.05) is 6.61 Å². The minimum Gasteiger partial charge on any atom is -0.394 e. The van der Waals surface area contributed by atoms with E-state index in [1.54, 1.807) is 23.6 Å². The lowest BCUT2D eigenvalue weighted by molar-refractivity contribution is -0.0532. The molecule has 0 unspecified atom stereocenters. The van der Waals surface area contributed by atoms with Crippen molar-refractivity contribution in [3.63, 3.8) is 0 Å². The summed E-state index contributed by atoms with van der Waals surface area (Å²) in [6.45, 7) is -0.430. The van der Waals surface area contributed by atoms with E-state index < -0.39 is 42.4 Å². The Morgan fingerprint density at radius 3 is 2.48 bits per heavy atom. The zero-order chi connectivity index (χ0) is 19.1. The van der Waals surface area contributed by atoms with Crippen LogP contribution in [0.5, 0.6) is 0 Å². The van der Waals surface area contributed by atoms with Crippen molar-refractivity contribution in [3.8, 4) is 0 Å². The molecule has 3 aromatic rings. The molecule has 1 aliphatic rings. The SMILES string of the molecule is O=c1c2sccc2n([C@@H]2O[C@H](CO)[C@@H](O)[C@H]2O)c(=O)n1Cc1ccccc1. The van der Waals surface area contributed by atoms with Crippen LogP contribution in [0, 0.1) is 0 Å². The molecule has 1 aromatic carbocycles. The summed E-state index contributed by atoms with van der Waals surface area (Å²) >= 11 is 1.19. The van der Waals surface area contributed by atoms with Crippen LogP contribution in [0.4, 0.5) is 0 Å². The second kappa shape index (κ2) is 7.02. The summed E-state index contributed by atoms with van der Waals surface area (Å²) in [5.41, 5.74) is 0.0379. The molecule has 27 heavy (non-hydrogen) atoms. The Bertz CT molecular complexity index is 1070. The lowest BCUT2D eigenvalue weighted by Crippen LogP contribution is -2.43. The number of hydrogen-bond acceptors (Lipinski definition) is 7. The van der Waals surface area contributed by atoms with Crippen LogP contribution in [-0.4, -0.2) is 49.4 Å². The van der Waals surface area contributed by atoms with Crippen LogP contribution in [0.15, 0.2) is 51.4 Å². The second-order valence-corrected chi connectivity index (χ2v) is 7.31. The van der Waals surface area contributed by atoms with E-state index in [-0.39, 0.29) is 6.54 Å². The van der Waals surface area contributed by atoms with E-state index in [2.05, 4.69) is 0 Å². The summed E-state index contributed by atoms with van der Waals surface area (Å²) in [6.07, 6.45) is -4.97. The molecule has 1 saturated heterocycles. The fourth-order valence-corrected chi connectivity index (χ4v) is 4.17. The number of aromatic nitrogens is 2. The van der Waals surface area contributed by atoms with E-state index in [1.165, 1.54) is 15.9 Å². The van der Waals surface area contributed by atoms with E-state index in [4.69, 9.17) is 4.74 Å². The van der Waals surface area contributed by atoms with Crippen molar-refractivity contribution in [2.45, 2.75) is 31.1 Å². The fourth-order valence-electron chi connectivity index (χ4n) is 3.34. The van der Waals surface area contributed by atoms with Crippen LogP contribution in [-0.2, 0) is 11.3 Å². The third kappa shape index (κ3) is 2.93. The zero-order valence-corrected chi connectivity index (χ0v) is 15.0.